The number of carbonyl (C=O) groups excluding carboxylic acids is 1. The Hall–Kier alpha value is -1.58. The van der Waals surface area contributed by atoms with Gasteiger partial charge in [-0.25, -0.2) is 0 Å². The quantitative estimate of drug-likeness (QED) is 0.812. The number of alkyl halides is 3. The number of hydrogen-bond donors (Lipinski definition) is 1. The van der Waals surface area contributed by atoms with E-state index >= 15 is 0 Å². The lowest BCUT2D eigenvalue weighted by Crippen LogP contribution is -2.20. The fraction of sp³-hybridized carbons (Fsp3) is 0.167. The molecule has 2 rings (SSSR count). The first-order chi connectivity index (χ1) is 9.36. The molecule has 1 heterocycles. The molecule has 4 nitrogen and oxygen atoms in total. The zero-order chi connectivity index (χ0) is 14.8. The van der Waals surface area contributed by atoms with Gasteiger partial charge in [0.15, 0.2) is 5.69 Å². The average Bonchev–Trinajstić information content (AvgIpc) is 2.80. The second-order valence-corrected chi connectivity index (χ2v) is 5.09. The van der Waals surface area contributed by atoms with Gasteiger partial charge in [-0.1, -0.05) is 12.1 Å². The fourth-order valence-corrected chi connectivity index (χ4v) is 2.02. The number of carbonyl (C=O) groups is 1. The molecule has 1 aromatic heterocycles. The molecule has 1 N–H and O–H groups in total. The highest BCUT2D eigenvalue weighted by Gasteiger charge is 2.33. The lowest BCUT2D eigenvalue weighted by atomic mass is 10.3. The molecule has 0 fully saturated rings. The molecule has 0 bridgehead atoms. The van der Waals surface area contributed by atoms with Gasteiger partial charge in [0.1, 0.15) is 6.54 Å². The second-order valence-electron chi connectivity index (χ2n) is 3.92. The predicted octanol–water partition coefficient (Wildman–Crippen LogP) is 3.15. The van der Waals surface area contributed by atoms with Gasteiger partial charge in [-0.05, 0) is 40.8 Å². The van der Waals surface area contributed by atoms with Crippen LogP contribution in [0.5, 0.6) is 0 Å². The number of anilines is 1. The third kappa shape index (κ3) is 3.71. The molecule has 0 saturated heterocycles. The van der Waals surface area contributed by atoms with E-state index in [1.165, 1.54) is 0 Å². The van der Waals surface area contributed by atoms with E-state index in [0.29, 0.717) is 5.69 Å². The van der Waals surface area contributed by atoms with Gasteiger partial charge in [-0.3, -0.25) is 9.48 Å². The Balaban J connectivity index is 2.02. The molecule has 0 aliphatic heterocycles. The molecule has 20 heavy (non-hydrogen) atoms. The fourth-order valence-electron chi connectivity index (χ4n) is 1.50. The number of amides is 1. The van der Waals surface area contributed by atoms with Gasteiger partial charge in [-0.2, -0.15) is 18.3 Å². The first kappa shape index (κ1) is 14.8. The Labute approximate surface area is 126 Å². The smallest absolute Gasteiger partial charge is 0.324 e. The molecule has 0 radical (unpaired) electrons. The summed E-state index contributed by atoms with van der Waals surface area (Å²) >= 11 is 2.05. The maximum Gasteiger partial charge on any atom is 0.435 e. The van der Waals surface area contributed by atoms with Crippen LogP contribution in [0.15, 0.2) is 36.5 Å². The van der Waals surface area contributed by atoms with Gasteiger partial charge in [0.25, 0.3) is 0 Å². The highest BCUT2D eigenvalue weighted by atomic mass is 127. The molecular weight excluding hydrogens is 386 g/mol. The third-order valence-electron chi connectivity index (χ3n) is 2.38. The zero-order valence-corrected chi connectivity index (χ0v) is 12.1. The van der Waals surface area contributed by atoms with E-state index in [9.17, 15) is 18.0 Å². The highest BCUT2D eigenvalue weighted by Crippen LogP contribution is 2.27. The van der Waals surface area contributed by atoms with Crippen molar-refractivity contribution in [2.45, 2.75) is 12.7 Å². The number of halogens is 4. The van der Waals surface area contributed by atoms with E-state index in [-0.39, 0.29) is 6.54 Å². The summed E-state index contributed by atoms with van der Waals surface area (Å²) in [6.45, 7) is -0.277. The van der Waals surface area contributed by atoms with Crippen molar-refractivity contribution in [1.82, 2.24) is 9.78 Å². The van der Waals surface area contributed by atoms with Gasteiger partial charge in [0.05, 0.1) is 5.69 Å². The standard InChI is InChI=1S/C12H9F3IN3O/c13-12(14,15)10-5-6-19(18-10)7-11(20)17-9-4-2-1-3-8(9)16/h1-6H,7H2,(H,17,20). The molecule has 8 heteroatoms. The summed E-state index contributed by atoms with van der Waals surface area (Å²) in [5.74, 6) is -0.439. The van der Waals surface area contributed by atoms with Crippen LogP contribution in [0.1, 0.15) is 5.69 Å². The predicted molar refractivity (Wildman–Crippen MR) is 75.0 cm³/mol. The van der Waals surface area contributed by atoms with Crippen LogP contribution in [0, 0.1) is 3.57 Å². The summed E-state index contributed by atoms with van der Waals surface area (Å²) in [6.07, 6.45) is -3.38. The molecule has 0 unspecified atom stereocenters. The average molecular weight is 395 g/mol. The van der Waals surface area contributed by atoms with Crippen LogP contribution in [0.3, 0.4) is 0 Å². The van der Waals surface area contributed by atoms with Crippen molar-refractivity contribution in [3.05, 3.63) is 45.8 Å². The van der Waals surface area contributed by atoms with Gasteiger partial charge in [0.2, 0.25) is 5.91 Å². The summed E-state index contributed by atoms with van der Waals surface area (Å²) in [7, 11) is 0. The monoisotopic (exact) mass is 395 g/mol. The van der Waals surface area contributed by atoms with Gasteiger partial charge < -0.3 is 5.32 Å². The van der Waals surface area contributed by atoms with Crippen LogP contribution >= 0.6 is 22.6 Å². The van der Waals surface area contributed by atoms with Crippen molar-refractivity contribution in [2.24, 2.45) is 0 Å². The maximum absolute atomic E-state index is 12.4. The van der Waals surface area contributed by atoms with Crippen molar-refractivity contribution in [2.75, 3.05) is 5.32 Å². The maximum atomic E-state index is 12.4. The van der Waals surface area contributed by atoms with Gasteiger partial charge in [-0.15, -0.1) is 0 Å². The second kappa shape index (κ2) is 5.81. The number of rotatable bonds is 3. The van der Waals surface area contributed by atoms with Crippen molar-refractivity contribution < 1.29 is 18.0 Å². The molecule has 0 aliphatic carbocycles. The summed E-state index contributed by atoms with van der Waals surface area (Å²) in [5, 5.41) is 5.93. The molecular formula is C12H9F3IN3O. The van der Waals surface area contributed by atoms with Crippen molar-refractivity contribution in [3.8, 4) is 0 Å². The Bertz CT molecular complexity index is 624. The van der Waals surface area contributed by atoms with E-state index in [2.05, 4.69) is 33.0 Å². The van der Waals surface area contributed by atoms with Crippen molar-refractivity contribution >= 4 is 34.2 Å². The molecule has 0 aliphatic rings. The van der Waals surface area contributed by atoms with E-state index in [1.807, 2.05) is 12.1 Å². The van der Waals surface area contributed by atoms with Crippen molar-refractivity contribution in [1.29, 1.82) is 0 Å². The van der Waals surface area contributed by atoms with Crippen LogP contribution in [-0.4, -0.2) is 15.7 Å². The van der Waals surface area contributed by atoms with Crippen LogP contribution in [0.2, 0.25) is 0 Å². The van der Waals surface area contributed by atoms with Gasteiger partial charge >= 0.3 is 6.18 Å². The lowest BCUT2D eigenvalue weighted by Gasteiger charge is -2.07. The molecule has 1 amide bonds. The summed E-state index contributed by atoms with van der Waals surface area (Å²) in [6, 6.07) is 7.93. The minimum absolute atomic E-state index is 0.277. The minimum atomic E-state index is -4.50. The topological polar surface area (TPSA) is 46.9 Å². The van der Waals surface area contributed by atoms with Crippen LogP contribution < -0.4 is 5.32 Å². The van der Waals surface area contributed by atoms with E-state index in [0.717, 1.165) is 20.5 Å². The number of nitrogens with zero attached hydrogens (tertiary/aromatic N) is 2. The number of hydrogen-bond acceptors (Lipinski definition) is 2. The third-order valence-corrected chi connectivity index (χ3v) is 3.33. The molecule has 0 saturated carbocycles. The van der Waals surface area contributed by atoms with Gasteiger partial charge in [0, 0.05) is 9.77 Å². The number of nitrogens with one attached hydrogen (secondary N) is 1. The summed E-state index contributed by atoms with van der Waals surface area (Å²) < 4.78 is 38.9. The summed E-state index contributed by atoms with van der Waals surface area (Å²) in [4.78, 5) is 11.7. The van der Waals surface area contributed by atoms with Crippen LogP contribution in [-0.2, 0) is 17.5 Å². The van der Waals surface area contributed by atoms with E-state index < -0.39 is 17.8 Å². The Kier molecular flexibility index (Phi) is 4.31. The summed E-state index contributed by atoms with van der Waals surface area (Å²) in [5.41, 5.74) is -0.402. The zero-order valence-electron chi connectivity index (χ0n) is 9.99. The number of benzene rings is 1. The molecule has 0 atom stereocenters. The Morgan fingerprint density at radius 1 is 1.30 bits per heavy atom. The van der Waals surface area contributed by atoms with E-state index in [1.54, 1.807) is 12.1 Å². The normalized spacial score (nSPS) is 11.4. The van der Waals surface area contributed by atoms with Crippen molar-refractivity contribution in [3.63, 3.8) is 0 Å². The first-order valence-electron chi connectivity index (χ1n) is 5.51. The molecule has 106 valence electrons. The number of para-hydroxylation sites is 1. The van der Waals surface area contributed by atoms with Crippen LogP contribution in [0.25, 0.3) is 0 Å². The Morgan fingerprint density at radius 3 is 2.60 bits per heavy atom. The lowest BCUT2D eigenvalue weighted by molar-refractivity contribution is -0.141. The molecule has 2 aromatic rings. The minimum Gasteiger partial charge on any atom is -0.324 e. The van der Waals surface area contributed by atoms with E-state index in [4.69, 9.17) is 0 Å². The Morgan fingerprint density at radius 2 is 2.00 bits per heavy atom. The largest absolute Gasteiger partial charge is 0.435 e. The SMILES string of the molecule is O=C(Cn1ccc(C(F)(F)F)n1)Nc1ccccc1I. The first-order valence-corrected chi connectivity index (χ1v) is 6.59. The molecule has 1 aromatic carbocycles. The molecule has 0 spiro atoms. The number of aromatic nitrogens is 2. The van der Waals surface area contributed by atoms with Crippen LogP contribution in [0.4, 0.5) is 18.9 Å². The highest BCUT2D eigenvalue weighted by molar-refractivity contribution is 14.1.